The van der Waals surface area contributed by atoms with Crippen molar-refractivity contribution in [1.29, 1.82) is 0 Å². The van der Waals surface area contributed by atoms with E-state index in [2.05, 4.69) is 37.9 Å². The minimum absolute atomic E-state index is 0.216. The van der Waals surface area contributed by atoms with Gasteiger partial charge in [-0.05, 0) is 35.4 Å². The molecule has 1 N–H and O–H groups in total. The normalized spacial score (nSPS) is 26.1. The zero-order valence-corrected chi connectivity index (χ0v) is 11.9. The molecule has 5 heteroatoms. The average molecular weight is 352 g/mol. The SMILES string of the molecule is ClC1CCCCCC1Nc1ncncc1I. The first-order valence-electron chi connectivity index (χ1n) is 5.63. The Bertz CT molecular complexity index is 348. The van der Waals surface area contributed by atoms with Crippen LogP contribution in [0.15, 0.2) is 12.5 Å². The molecule has 0 spiro atoms. The van der Waals surface area contributed by atoms with E-state index in [4.69, 9.17) is 11.6 Å². The minimum Gasteiger partial charge on any atom is -0.365 e. The van der Waals surface area contributed by atoms with Gasteiger partial charge in [-0.25, -0.2) is 9.97 Å². The van der Waals surface area contributed by atoms with Gasteiger partial charge in [0.25, 0.3) is 0 Å². The Balaban J connectivity index is 2.05. The van der Waals surface area contributed by atoms with E-state index in [1.807, 2.05) is 6.20 Å². The van der Waals surface area contributed by atoms with Crippen molar-refractivity contribution < 1.29 is 0 Å². The van der Waals surface area contributed by atoms with Crippen LogP contribution in [0.5, 0.6) is 0 Å². The van der Waals surface area contributed by atoms with E-state index in [0.717, 1.165) is 22.2 Å². The van der Waals surface area contributed by atoms with Gasteiger partial charge < -0.3 is 5.32 Å². The molecule has 0 aliphatic heterocycles. The van der Waals surface area contributed by atoms with Gasteiger partial charge in [0.05, 0.1) is 8.95 Å². The monoisotopic (exact) mass is 351 g/mol. The fourth-order valence-electron chi connectivity index (χ4n) is 2.02. The molecule has 1 aromatic heterocycles. The van der Waals surface area contributed by atoms with Crippen LogP contribution in [-0.4, -0.2) is 21.4 Å². The highest BCUT2D eigenvalue weighted by atomic mass is 127. The Kier molecular flexibility index (Phi) is 4.64. The fourth-order valence-corrected chi connectivity index (χ4v) is 2.82. The number of anilines is 1. The molecule has 1 aliphatic rings. The third-order valence-electron chi connectivity index (χ3n) is 2.92. The largest absolute Gasteiger partial charge is 0.365 e. The number of hydrogen-bond donors (Lipinski definition) is 1. The summed E-state index contributed by atoms with van der Waals surface area (Å²) in [7, 11) is 0. The van der Waals surface area contributed by atoms with Gasteiger partial charge in [-0.1, -0.05) is 19.3 Å². The van der Waals surface area contributed by atoms with Crippen LogP contribution in [0.3, 0.4) is 0 Å². The Morgan fingerprint density at radius 1 is 1.31 bits per heavy atom. The number of alkyl halides is 1. The zero-order valence-electron chi connectivity index (χ0n) is 9.00. The number of rotatable bonds is 2. The summed E-state index contributed by atoms with van der Waals surface area (Å²) >= 11 is 8.62. The molecule has 1 aliphatic carbocycles. The van der Waals surface area contributed by atoms with Crippen molar-refractivity contribution in [2.75, 3.05) is 5.32 Å². The second kappa shape index (κ2) is 6.00. The van der Waals surface area contributed by atoms with Crippen molar-refractivity contribution in [2.45, 2.75) is 43.5 Å². The molecule has 0 bridgehead atoms. The Morgan fingerprint density at radius 3 is 2.94 bits per heavy atom. The zero-order chi connectivity index (χ0) is 11.4. The van der Waals surface area contributed by atoms with Crippen molar-refractivity contribution in [3.63, 3.8) is 0 Å². The molecule has 2 atom stereocenters. The Labute approximate surface area is 115 Å². The number of hydrogen-bond acceptors (Lipinski definition) is 3. The van der Waals surface area contributed by atoms with E-state index in [1.165, 1.54) is 19.3 Å². The average Bonchev–Trinajstić information content (AvgIpc) is 2.48. The molecule has 2 unspecified atom stereocenters. The van der Waals surface area contributed by atoms with Crippen molar-refractivity contribution in [3.8, 4) is 0 Å². The molecule has 2 rings (SSSR count). The number of nitrogens with one attached hydrogen (secondary N) is 1. The van der Waals surface area contributed by atoms with Gasteiger partial charge in [0.15, 0.2) is 0 Å². The van der Waals surface area contributed by atoms with Gasteiger partial charge in [0, 0.05) is 12.2 Å². The van der Waals surface area contributed by atoms with Crippen molar-refractivity contribution >= 4 is 40.0 Å². The van der Waals surface area contributed by atoms with Crippen LogP contribution in [0.25, 0.3) is 0 Å². The summed E-state index contributed by atoms with van der Waals surface area (Å²) in [5.74, 6) is 0.910. The summed E-state index contributed by atoms with van der Waals surface area (Å²) in [6.07, 6.45) is 9.41. The lowest BCUT2D eigenvalue weighted by Crippen LogP contribution is -2.29. The highest BCUT2D eigenvalue weighted by Crippen LogP contribution is 2.25. The van der Waals surface area contributed by atoms with Crippen molar-refractivity contribution in [3.05, 3.63) is 16.1 Å². The summed E-state index contributed by atoms with van der Waals surface area (Å²) in [6.45, 7) is 0. The van der Waals surface area contributed by atoms with Gasteiger partial charge in [0.2, 0.25) is 0 Å². The standard InChI is InChI=1S/C11H15ClIN3/c12-8-4-2-1-3-5-10(8)16-11-9(13)6-14-7-15-11/h6-8,10H,1-5H2,(H,14,15,16). The van der Waals surface area contributed by atoms with Gasteiger partial charge in [-0.3, -0.25) is 0 Å². The third kappa shape index (κ3) is 3.20. The van der Waals surface area contributed by atoms with E-state index < -0.39 is 0 Å². The topological polar surface area (TPSA) is 37.8 Å². The van der Waals surface area contributed by atoms with E-state index >= 15 is 0 Å². The molecule has 16 heavy (non-hydrogen) atoms. The summed E-state index contributed by atoms with van der Waals surface area (Å²) in [5, 5.41) is 3.66. The van der Waals surface area contributed by atoms with Gasteiger partial charge in [-0.2, -0.15) is 0 Å². The quantitative estimate of drug-likeness (QED) is 0.504. The predicted molar refractivity (Wildman–Crippen MR) is 74.9 cm³/mol. The van der Waals surface area contributed by atoms with E-state index in [0.29, 0.717) is 6.04 Å². The van der Waals surface area contributed by atoms with Gasteiger partial charge in [-0.15, -0.1) is 11.6 Å². The molecule has 1 aromatic rings. The van der Waals surface area contributed by atoms with Crippen LogP contribution >= 0.6 is 34.2 Å². The maximum atomic E-state index is 6.38. The van der Waals surface area contributed by atoms with Crippen LogP contribution in [0.1, 0.15) is 32.1 Å². The number of nitrogens with zero attached hydrogens (tertiary/aromatic N) is 2. The molecule has 1 fully saturated rings. The summed E-state index contributed by atoms with van der Waals surface area (Å²) in [6, 6.07) is 0.340. The highest BCUT2D eigenvalue weighted by molar-refractivity contribution is 14.1. The lowest BCUT2D eigenvalue weighted by molar-refractivity contribution is 0.624. The maximum Gasteiger partial charge on any atom is 0.143 e. The Morgan fingerprint density at radius 2 is 2.12 bits per heavy atom. The second-order valence-corrected chi connectivity index (χ2v) is 5.85. The van der Waals surface area contributed by atoms with Crippen LogP contribution in [0.2, 0.25) is 0 Å². The molecule has 0 saturated heterocycles. The van der Waals surface area contributed by atoms with Crippen LogP contribution in [0.4, 0.5) is 5.82 Å². The molecule has 0 radical (unpaired) electrons. The first-order valence-corrected chi connectivity index (χ1v) is 7.15. The number of aromatic nitrogens is 2. The molecule has 3 nitrogen and oxygen atoms in total. The number of halogens is 2. The molecule has 1 heterocycles. The van der Waals surface area contributed by atoms with Crippen molar-refractivity contribution in [2.24, 2.45) is 0 Å². The maximum absolute atomic E-state index is 6.38. The van der Waals surface area contributed by atoms with Crippen LogP contribution < -0.4 is 5.32 Å². The molecule has 0 amide bonds. The first-order chi connectivity index (χ1) is 7.77. The van der Waals surface area contributed by atoms with Gasteiger partial charge >= 0.3 is 0 Å². The molecular formula is C11H15ClIN3. The van der Waals surface area contributed by atoms with E-state index in [1.54, 1.807) is 6.33 Å². The molecule has 0 aromatic carbocycles. The lowest BCUT2D eigenvalue weighted by Gasteiger charge is -2.22. The van der Waals surface area contributed by atoms with E-state index in [-0.39, 0.29) is 5.38 Å². The molecule has 88 valence electrons. The minimum atomic E-state index is 0.216. The smallest absolute Gasteiger partial charge is 0.143 e. The molecular weight excluding hydrogens is 336 g/mol. The summed E-state index contributed by atoms with van der Waals surface area (Å²) < 4.78 is 1.05. The highest BCUT2D eigenvalue weighted by Gasteiger charge is 2.22. The first kappa shape index (κ1) is 12.4. The van der Waals surface area contributed by atoms with Crippen LogP contribution in [0, 0.1) is 3.57 Å². The summed E-state index contributed by atoms with van der Waals surface area (Å²) in [5.41, 5.74) is 0. The fraction of sp³-hybridized carbons (Fsp3) is 0.636. The third-order valence-corrected chi connectivity index (χ3v) is 4.23. The van der Waals surface area contributed by atoms with E-state index in [9.17, 15) is 0 Å². The second-order valence-electron chi connectivity index (χ2n) is 4.12. The van der Waals surface area contributed by atoms with Crippen LogP contribution in [-0.2, 0) is 0 Å². The van der Waals surface area contributed by atoms with Gasteiger partial charge in [0.1, 0.15) is 12.1 Å². The Hall–Kier alpha value is -0.100. The molecule has 1 saturated carbocycles. The van der Waals surface area contributed by atoms with Crippen molar-refractivity contribution in [1.82, 2.24) is 9.97 Å². The predicted octanol–water partition coefficient (Wildman–Crippen LogP) is 3.43. The lowest BCUT2D eigenvalue weighted by atomic mass is 10.1. The summed E-state index contributed by atoms with van der Waals surface area (Å²) in [4.78, 5) is 8.23.